The van der Waals surface area contributed by atoms with Crippen LogP contribution in [0.15, 0.2) is 59.0 Å². The van der Waals surface area contributed by atoms with E-state index in [0.29, 0.717) is 17.7 Å². The molecule has 0 bridgehead atoms. The maximum absolute atomic E-state index is 12.3. The number of carbonyl (C=O) groups is 3. The first kappa shape index (κ1) is 15.9. The molecule has 4 amide bonds. The van der Waals surface area contributed by atoms with Gasteiger partial charge in [0, 0.05) is 17.5 Å². The molecule has 7 heteroatoms. The van der Waals surface area contributed by atoms with Crippen LogP contribution in [0.3, 0.4) is 0 Å². The summed E-state index contributed by atoms with van der Waals surface area (Å²) >= 11 is 0. The number of para-hydroxylation sites is 1. The summed E-state index contributed by atoms with van der Waals surface area (Å²) in [6.07, 6.45) is 0.384. The largest absolute Gasteiger partial charge is 0.451 e. The molecule has 4 rings (SSSR count). The van der Waals surface area contributed by atoms with Crippen molar-refractivity contribution in [3.05, 3.63) is 65.9 Å². The molecule has 1 fully saturated rings. The molecule has 1 aliphatic rings. The third-order valence-corrected chi connectivity index (χ3v) is 4.16. The highest BCUT2D eigenvalue weighted by molar-refractivity contribution is 6.05. The molecular formula is C19H15N3O4. The highest BCUT2D eigenvalue weighted by Gasteiger charge is 2.29. The average Bonchev–Trinajstić information content (AvgIpc) is 3.19. The topological polar surface area (TPSA) is 100 Å². The van der Waals surface area contributed by atoms with E-state index in [1.807, 2.05) is 18.2 Å². The van der Waals surface area contributed by atoms with E-state index < -0.39 is 12.1 Å². The number of amides is 4. The minimum atomic E-state index is -0.571. The molecule has 1 aromatic heterocycles. The van der Waals surface area contributed by atoms with E-state index in [9.17, 15) is 14.4 Å². The Morgan fingerprint density at radius 3 is 2.54 bits per heavy atom. The predicted molar refractivity (Wildman–Crippen MR) is 94.8 cm³/mol. The van der Waals surface area contributed by atoms with Crippen LogP contribution in [0.4, 0.5) is 10.5 Å². The number of fused-ring (bicyclic) bond motifs is 1. The van der Waals surface area contributed by atoms with Gasteiger partial charge < -0.3 is 15.1 Å². The van der Waals surface area contributed by atoms with Gasteiger partial charge in [-0.15, -0.1) is 0 Å². The predicted octanol–water partition coefficient (Wildman–Crippen LogP) is 2.44. The Hall–Kier alpha value is -3.61. The van der Waals surface area contributed by atoms with Gasteiger partial charge in [-0.25, -0.2) is 4.79 Å². The van der Waals surface area contributed by atoms with Gasteiger partial charge in [-0.2, -0.15) is 0 Å². The number of carbonyl (C=O) groups excluding carboxylic acids is 3. The third kappa shape index (κ3) is 3.14. The van der Waals surface area contributed by atoms with Gasteiger partial charge in [-0.1, -0.05) is 30.3 Å². The van der Waals surface area contributed by atoms with Gasteiger partial charge >= 0.3 is 6.03 Å². The van der Waals surface area contributed by atoms with Crippen molar-refractivity contribution in [2.24, 2.45) is 0 Å². The SMILES string of the molecule is O=C1NC(=O)[C@@H](Cc2ccc(NC(=O)c3cc4ccccc4o3)cc2)N1. The van der Waals surface area contributed by atoms with Crippen LogP contribution in [0, 0.1) is 0 Å². The molecule has 0 saturated carbocycles. The van der Waals surface area contributed by atoms with Crippen molar-refractivity contribution in [1.29, 1.82) is 0 Å². The quantitative estimate of drug-likeness (QED) is 0.630. The summed E-state index contributed by atoms with van der Waals surface area (Å²) in [5.74, 6) is -0.436. The van der Waals surface area contributed by atoms with Crippen molar-refractivity contribution in [1.82, 2.24) is 10.6 Å². The van der Waals surface area contributed by atoms with Gasteiger partial charge in [0.15, 0.2) is 5.76 Å². The van der Waals surface area contributed by atoms with Crippen LogP contribution in [0.5, 0.6) is 0 Å². The molecule has 1 aliphatic heterocycles. The molecule has 130 valence electrons. The molecular weight excluding hydrogens is 334 g/mol. The van der Waals surface area contributed by atoms with Crippen LogP contribution in [0.25, 0.3) is 11.0 Å². The van der Waals surface area contributed by atoms with Crippen molar-refractivity contribution in [2.45, 2.75) is 12.5 Å². The van der Waals surface area contributed by atoms with Crippen molar-refractivity contribution in [3.63, 3.8) is 0 Å². The number of rotatable bonds is 4. The van der Waals surface area contributed by atoms with Crippen LogP contribution in [0.1, 0.15) is 16.1 Å². The zero-order valence-corrected chi connectivity index (χ0v) is 13.6. The number of anilines is 1. The molecule has 7 nitrogen and oxygen atoms in total. The fourth-order valence-electron chi connectivity index (χ4n) is 2.85. The van der Waals surface area contributed by atoms with E-state index in [0.717, 1.165) is 10.9 Å². The summed E-state index contributed by atoms with van der Waals surface area (Å²) < 4.78 is 5.54. The second kappa shape index (κ2) is 6.36. The lowest BCUT2D eigenvalue weighted by Gasteiger charge is -2.08. The van der Waals surface area contributed by atoms with Crippen LogP contribution >= 0.6 is 0 Å². The standard InChI is InChI=1S/C19H15N3O4/c23-17-14(21-19(25)22-17)9-11-5-7-13(8-6-11)20-18(24)16-10-12-3-1-2-4-15(12)26-16/h1-8,10,14H,9H2,(H,20,24)(H2,21,22,23,25)/t14-/m1/s1. The average molecular weight is 349 g/mol. The minimum Gasteiger partial charge on any atom is -0.451 e. The summed E-state index contributed by atoms with van der Waals surface area (Å²) in [6.45, 7) is 0. The molecule has 0 radical (unpaired) electrons. The maximum atomic E-state index is 12.3. The Labute approximate surface area is 148 Å². The number of nitrogens with one attached hydrogen (secondary N) is 3. The van der Waals surface area contributed by atoms with Gasteiger partial charge in [-0.3, -0.25) is 14.9 Å². The van der Waals surface area contributed by atoms with E-state index in [-0.39, 0.29) is 17.6 Å². The van der Waals surface area contributed by atoms with Gasteiger partial charge in [-0.05, 0) is 29.8 Å². The summed E-state index contributed by atoms with van der Waals surface area (Å²) in [4.78, 5) is 35.0. The van der Waals surface area contributed by atoms with Crippen molar-refractivity contribution in [2.75, 3.05) is 5.32 Å². The van der Waals surface area contributed by atoms with E-state index in [4.69, 9.17) is 4.42 Å². The summed E-state index contributed by atoms with van der Waals surface area (Å²) in [6, 6.07) is 15.1. The minimum absolute atomic E-state index is 0.237. The lowest BCUT2D eigenvalue weighted by molar-refractivity contribution is -0.120. The number of benzene rings is 2. The summed E-state index contributed by atoms with van der Waals surface area (Å²) in [5, 5.41) is 8.39. The first-order valence-electron chi connectivity index (χ1n) is 8.09. The van der Waals surface area contributed by atoms with Crippen molar-refractivity contribution in [3.8, 4) is 0 Å². The highest BCUT2D eigenvalue weighted by Crippen LogP contribution is 2.20. The van der Waals surface area contributed by atoms with Crippen LogP contribution in [-0.2, 0) is 11.2 Å². The molecule has 0 unspecified atom stereocenters. The van der Waals surface area contributed by atoms with Crippen molar-refractivity contribution < 1.29 is 18.8 Å². The second-order valence-electron chi connectivity index (χ2n) is 6.02. The van der Waals surface area contributed by atoms with Gasteiger partial charge in [0.25, 0.3) is 11.8 Å². The Morgan fingerprint density at radius 2 is 1.85 bits per heavy atom. The van der Waals surface area contributed by atoms with Crippen molar-refractivity contribution >= 4 is 34.5 Å². The van der Waals surface area contributed by atoms with Gasteiger partial charge in [0.2, 0.25) is 0 Å². The van der Waals surface area contributed by atoms with Gasteiger partial charge in [0.1, 0.15) is 11.6 Å². The first-order chi connectivity index (χ1) is 12.6. The smallest absolute Gasteiger partial charge is 0.322 e. The number of imide groups is 1. The number of urea groups is 1. The number of hydrogen-bond donors (Lipinski definition) is 3. The Balaban J connectivity index is 1.43. The van der Waals surface area contributed by atoms with Crippen LogP contribution < -0.4 is 16.0 Å². The monoisotopic (exact) mass is 349 g/mol. The van der Waals surface area contributed by atoms with Crippen LogP contribution in [0.2, 0.25) is 0 Å². The number of furan rings is 1. The van der Waals surface area contributed by atoms with E-state index >= 15 is 0 Å². The molecule has 3 aromatic rings. The lowest BCUT2D eigenvalue weighted by Crippen LogP contribution is -2.31. The van der Waals surface area contributed by atoms with E-state index in [1.54, 1.807) is 36.4 Å². The van der Waals surface area contributed by atoms with E-state index in [2.05, 4.69) is 16.0 Å². The highest BCUT2D eigenvalue weighted by atomic mass is 16.3. The Bertz CT molecular complexity index is 974. The van der Waals surface area contributed by atoms with E-state index in [1.165, 1.54) is 0 Å². The Kier molecular flexibility index (Phi) is 3.89. The summed E-state index contributed by atoms with van der Waals surface area (Å²) in [7, 11) is 0. The second-order valence-corrected chi connectivity index (χ2v) is 6.02. The Morgan fingerprint density at radius 1 is 1.08 bits per heavy atom. The molecule has 2 aromatic carbocycles. The van der Waals surface area contributed by atoms with Gasteiger partial charge in [0.05, 0.1) is 0 Å². The zero-order chi connectivity index (χ0) is 18.1. The molecule has 2 heterocycles. The molecule has 0 spiro atoms. The number of hydrogen-bond acceptors (Lipinski definition) is 4. The fraction of sp³-hybridized carbons (Fsp3) is 0.105. The molecule has 1 saturated heterocycles. The zero-order valence-electron chi connectivity index (χ0n) is 13.6. The normalized spacial score (nSPS) is 16.4. The molecule has 3 N–H and O–H groups in total. The maximum Gasteiger partial charge on any atom is 0.322 e. The first-order valence-corrected chi connectivity index (χ1v) is 8.09. The fourth-order valence-corrected chi connectivity index (χ4v) is 2.85. The molecule has 0 aliphatic carbocycles. The lowest BCUT2D eigenvalue weighted by atomic mass is 10.1. The molecule has 26 heavy (non-hydrogen) atoms. The third-order valence-electron chi connectivity index (χ3n) is 4.16. The van der Waals surface area contributed by atoms with Crippen LogP contribution in [-0.4, -0.2) is 23.9 Å². The summed E-state index contributed by atoms with van der Waals surface area (Å²) in [5.41, 5.74) is 2.14. The molecule has 1 atom stereocenters.